The Bertz CT molecular complexity index is 508. The molecule has 4 nitrogen and oxygen atoms in total. The Morgan fingerprint density at radius 2 is 2.00 bits per heavy atom. The van der Waals surface area contributed by atoms with E-state index in [0.29, 0.717) is 4.99 Å². The summed E-state index contributed by atoms with van der Waals surface area (Å²) in [6, 6.07) is 7.70. The van der Waals surface area contributed by atoms with E-state index >= 15 is 0 Å². The zero-order valence-corrected chi connectivity index (χ0v) is 12.9. The van der Waals surface area contributed by atoms with Gasteiger partial charge in [-0.05, 0) is 25.0 Å². The Hall–Kier alpha value is -1.17. The predicted octanol–water partition coefficient (Wildman–Crippen LogP) is 2.43. The SMILES string of the molecule is NC(=S)c1ccccc1OC1CCOC2(CCOCC2)C1. The lowest BCUT2D eigenvalue weighted by molar-refractivity contribution is -0.155. The number of rotatable bonds is 3. The summed E-state index contributed by atoms with van der Waals surface area (Å²) < 4.78 is 17.7. The molecule has 0 saturated carbocycles. The van der Waals surface area contributed by atoms with Crippen LogP contribution in [0.4, 0.5) is 0 Å². The van der Waals surface area contributed by atoms with E-state index in [2.05, 4.69) is 0 Å². The molecular formula is C16H21NO3S. The number of para-hydroxylation sites is 1. The van der Waals surface area contributed by atoms with E-state index in [-0.39, 0.29) is 11.7 Å². The third-order valence-corrected chi connectivity index (χ3v) is 4.52. The Balaban J connectivity index is 1.71. The maximum atomic E-state index is 6.19. The van der Waals surface area contributed by atoms with E-state index in [1.807, 2.05) is 24.3 Å². The first-order valence-electron chi connectivity index (χ1n) is 7.46. The number of nitrogens with two attached hydrogens (primary N) is 1. The summed E-state index contributed by atoms with van der Waals surface area (Å²) in [6.07, 6.45) is 3.84. The highest BCUT2D eigenvalue weighted by Crippen LogP contribution is 2.36. The minimum atomic E-state index is -0.0701. The maximum Gasteiger partial charge on any atom is 0.129 e. The molecule has 0 aliphatic carbocycles. The van der Waals surface area contributed by atoms with Gasteiger partial charge in [0.05, 0.1) is 17.8 Å². The van der Waals surface area contributed by atoms with Gasteiger partial charge in [-0.2, -0.15) is 0 Å². The molecule has 1 unspecified atom stereocenters. The van der Waals surface area contributed by atoms with Crippen LogP contribution in [0.3, 0.4) is 0 Å². The summed E-state index contributed by atoms with van der Waals surface area (Å²) in [7, 11) is 0. The third kappa shape index (κ3) is 3.36. The van der Waals surface area contributed by atoms with Crippen molar-refractivity contribution in [2.24, 2.45) is 5.73 Å². The molecule has 114 valence electrons. The van der Waals surface area contributed by atoms with Crippen molar-refractivity contribution in [3.8, 4) is 5.75 Å². The summed E-state index contributed by atoms with van der Waals surface area (Å²) >= 11 is 5.09. The second kappa shape index (κ2) is 6.30. The summed E-state index contributed by atoms with van der Waals surface area (Å²) in [6.45, 7) is 2.28. The molecule has 0 aromatic heterocycles. The molecule has 3 rings (SSSR count). The van der Waals surface area contributed by atoms with Crippen molar-refractivity contribution in [2.75, 3.05) is 19.8 Å². The molecule has 21 heavy (non-hydrogen) atoms. The summed E-state index contributed by atoms with van der Waals surface area (Å²) in [4.78, 5) is 0.374. The fraction of sp³-hybridized carbons (Fsp3) is 0.562. The minimum absolute atomic E-state index is 0.0701. The van der Waals surface area contributed by atoms with Crippen LogP contribution in [-0.2, 0) is 9.47 Å². The molecular weight excluding hydrogens is 286 g/mol. The van der Waals surface area contributed by atoms with Gasteiger partial charge in [0.2, 0.25) is 0 Å². The Morgan fingerprint density at radius 1 is 1.24 bits per heavy atom. The lowest BCUT2D eigenvalue weighted by Crippen LogP contribution is -2.47. The van der Waals surface area contributed by atoms with Gasteiger partial charge in [0.25, 0.3) is 0 Å². The molecule has 0 bridgehead atoms. The molecule has 0 amide bonds. The molecule has 1 spiro atoms. The molecule has 1 atom stereocenters. The highest BCUT2D eigenvalue weighted by molar-refractivity contribution is 7.80. The summed E-state index contributed by atoms with van der Waals surface area (Å²) in [5.41, 5.74) is 6.50. The van der Waals surface area contributed by atoms with Gasteiger partial charge >= 0.3 is 0 Å². The first kappa shape index (κ1) is 14.8. The lowest BCUT2D eigenvalue weighted by Gasteiger charge is -2.43. The fourth-order valence-corrected chi connectivity index (χ4v) is 3.30. The van der Waals surface area contributed by atoms with Crippen molar-refractivity contribution in [1.82, 2.24) is 0 Å². The van der Waals surface area contributed by atoms with Gasteiger partial charge in [0, 0.05) is 26.1 Å². The second-order valence-electron chi connectivity index (χ2n) is 5.74. The van der Waals surface area contributed by atoms with Crippen LogP contribution in [0.15, 0.2) is 24.3 Å². The van der Waals surface area contributed by atoms with Gasteiger partial charge < -0.3 is 19.9 Å². The molecule has 2 fully saturated rings. The standard InChI is InChI=1S/C16H21NO3S/c17-15(21)13-3-1-2-4-14(13)20-12-5-8-19-16(11-12)6-9-18-10-7-16/h1-4,12H,5-11H2,(H2,17,21). The largest absolute Gasteiger partial charge is 0.489 e. The van der Waals surface area contributed by atoms with Crippen LogP contribution in [0.25, 0.3) is 0 Å². The van der Waals surface area contributed by atoms with Crippen LogP contribution < -0.4 is 10.5 Å². The van der Waals surface area contributed by atoms with E-state index < -0.39 is 0 Å². The highest BCUT2D eigenvalue weighted by Gasteiger charge is 2.40. The topological polar surface area (TPSA) is 53.7 Å². The second-order valence-corrected chi connectivity index (χ2v) is 6.18. The van der Waals surface area contributed by atoms with Crippen LogP contribution in [0, 0.1) is 0 Å². The summed E-state index contributed by atoms with van der Waals surface area (Å²) in [5, 5.41) is 0. The van der Waals surface area contributed by atoms with E-state index in [4.69, 9.17) is 32.2 Å². The zero-order chi connectivity index (χ0) is 14.7. The van der Waals surface area contributed by atoms with E-state index in [1.54, 1.807) is 0 Å². The first-order valence-corrected chi connectivity index (χ1v) is 7.87. The van der Waals surface area contributed by atoms with Gasteiger partial charge in [-0.1, -0.05) is 24.4 Å². The Morgan fingerprint density at radius 3 is 2.76 bits per heavy atom. The molecule has 2 aliphatic heterocycles. The average Bonchev–Trinajstić information content (AvgIpc) is 2.48. The first-order chi connectivity index (χ1) is 10.2. The molecule has 5 heteroatoms. The van der Waals surface area contributed by atoms with Gasteiger partial charge in [0.1, 0.15) is 16.8 Å². The monoisotopic (exact) mass is 307 g/mol. The van der Waals surface area contributed by atoms with Crippen LogP contribution in [0.1, 0.15) is 31.2 Å². The Kier molecular flexibility index (Phi) is 4.42. The third-order valence-electron chi connectivity index (χ3n) is 4.30. The van der Waals surface area contributed by atoms with Gasteiger partial charge in [0.15, 0.2) is 0 Å². The molecule has 2 aliphatic rings. The normalized spacial score (nSPS) is 24.7. The van der Waals surface area contributed by atoms with Crippen LogP contribution >= 0.6 is 12.2 Å². The molecule has 0 radical (unpaired) electrons. The van der Waals surface area contributed by atoms with Crippen LogP contribution in [-0.4, -0.2) is 36.5 Å². The number of ether oxygens (including phenoxy) is 3. The Labute approximate surface area is 130 Å². The van der Waals surface area contributed by atoms with Gasteiger partial charge in [-0.3, -0.25) is 0 Å². The number of hydrogen-bond donors (Lipinski definition) is 1. The zero-order valence-electron chi connectivity index (χ0n) is 12.0. The van der Waals surface area contributed by atoms with Crippen molar-refractivity contribution in [3.63, 3.8) is 0 Å². The van der Waals surface area contributed by atoms with Crippen LogP contribution in [0.5, 0.6) is 5.75 Å². The van der Waals surface area contributed by atoms with Crippen molar-refractivity contribution >= 4 is 17.2 Å². The average molecular weight is 307 g/mol. The van der Waals surface area contributed by atoms with Gasteiger partial charge in [-0.25, -0.2) is 0 Å². The van der Waals surface area contributed by atoms with E-state index in [9.17, 15) is 0 Å². The number of hydrogen-bond acceptors (Lipinski definition) is 4. The molecule has 2 N–H and O–H groups in total. The van der Waals surface area contributed by atoms with Crippen molar-refractivity contribution < 1.29 is 14.2 Å². The fourth-order valence-electron chi connectivity index (χ4n) is 3.13. The highest BCUT2D eigenvalue weighted by atomic mass is 32.1. The maximum absolute atomic E-state index is 6.19. The molecule has 2 saturated heterocycles. The number of thiocarbonyl (C=S) groups is 1. The molecule has 1 aromatic rings. The van der Waals surface area contributed by atoms with Crippen molar-refractivity contribution in [3.05, 3.63) is 29.8 Å². The van der Waals surface area contributed by atoms with Crippen molar-refractivity contribution in [2.45, 2.75) is 37.4 Å². The minimum Gasteiger partial charge on any atom is -0.489 e. The molecule has 1 aromatic carbocycles. The predicted molar refractivity (Wildman–Crippen MR) is 84.7 cm³/mol. The van der Waals surface area contributed by atoms with Crippen LogP contribution in [0.2, 0.25) is 0 Å². The lowest BCUT2D eigenvalue weighted by atomic mass is 9.85. The van der Waals surface area contributed by atoms with E-state index in [0.717, 1.165) is 56.8 Å². The number of benzene rings is 1. The smallest absolute Gasteiger partial charge is 0.129 e. The molecule has 2 heterocycles. The quantitative estimate of drug-likeness (QED) is 0.869. The van der Waals surface area contributed by atoms with Crippen molar-refractivity contribution in [1.29, 1.82) is 0 Å². The van der Waals surface area contributed by atoms with E-state index in [1.165, 1.54) is 0 Å². The summed E-state index contributed by atoms with van der Waals surface area (Å²) in [5.74, 6) is 0.777. The van der Waals surface area contributed by atoms with Gasteiger partial charge in [-0.15, -0.1) is 0 Å².